The van der Waals surface area contributed by atoms with Crippen LogP contribution in [0.25, 0.3) is 22.5 Å². The van der Waals surface area contributed by atoms with Crippen LogP contribution in [0.2, 0.25) is 5.02 Å². The fraction of sp³-hybridized carbons (Fsp3) is 0.222. The summed E-state index contributed by atoms with van der Waals surface area (Å²) in [5.74, 6) is -0.225. The van der Waals surface area contributed by atoms with Crippen molar-refractivity contribution in [3.05, 3.63) is 93.6 Å². The van der Waals surface area contributed by atoms with Gasteiger partial charge >= 0.3 is 5.82 Å². The predicted octanol–water partition coefficient (Wildman–Crippen LogP) is 7.10. The summed E-state index contributed by atoms with van der Waals surface area (Å²) in [7, 11) is 0. The van der Waals surface area contributed by atoms with Gasteiger partial charge in [-0.3, -0.25) is 0 Å². The van der Waals surface area contributed by atoms with Gasteiger partial charge in [0.05, 0.1) is 18.8 Å². The lowest BCUT2D eigenvalue weighted by Crippen LogP contribution is -2.07. The summed E-state index contributed by atoms with van der Waals surface area (Å²) < 4.78 is 7.86. The maximum absolute atomic E-state index is 11.3. The van der Waals surface area contributed by atoms with E-state index < -0.39 is 16.5 Å². The van der Waals surface area contributed by atoms with Gasteiger partial charge in [-0.15, -0.1) is 0 Å². The highest BCUT2D eigenvalue weighted by atomic mass is 35.5. The van der Waals surface area contributed by atoms with Crippen molar-refractivity contribution >= 4 is 17.4 Å². The molecule has 0 saturated carbocycles. The van der Waals surface area contributed by atoms with Gasteiger partial charge in [-0.25, -0.2) is 0 Å². The van der Waals surface area contributed by atoms with Gasteiger partial charge in [0.25, 0.3) is 0 Å². The van der Waals surface area contributed by atoms with E-state index in [0.29, 0.717) is 17.3 Å². The fourth-order valence-corrected chi connectivity index (χ4v) is 4.16. The Labute approximate surface area is 208 Å². The average molecular weight is 492 g/mol. The van der Waals surface area contributed by atoms with Crippen molar-refractivity contribution in [3.63, 3.8) is 0 Å². The van der Waals surface area contributed by atoms with E-state index in [9.17, 15) is 15.2 Å². The third-order valence-electron chi connectivity index (χ3n) is 5.70. The Hall–Kier alpha value is -3.84. The number of hydrogen-bond donors (Lipinski definition) is 1. The third-order valence-corrected chi connectivity index (χ3v) is 6.03. The van der Waals surface area contributed by atoms with E-state index in [1.54, 1.807) is 6.07 Å². The molecule has 8 heteroatoms. The van der Waals surface area contributed by atoms with Crippen LogP contribution >= 0.6 is 11.6 Å². The van der Waals surface area contributed by atoms with Gasteiger partial charge in [0, 0.05) is 16.3 Å². The number of rotatable bonds is 10. The number of aromatic hydroxyl groups is 1. The first-order valence-corrected chi connectivity index (χ1v) is 11.9. The van der Waals surface area contributed by atoms with Crippen LogP contribution in [0.1, 0.15) is 31.9 Å². The standard InChI is InChI=1S/C27H26ClN3O4/c1-2-3-6-17-35-21-12-9-19(10-13-21)24-14-15-25(22-7-4-5-8-23(22)28)30(24)18-20-11-16-26(32)27(29-20)31(33)34/h4-5,7-16,32H,2-3,6,17-18H2,1H3. The Morgan fingerprint density at radius 2 is 1.74 bits per heavy atom. The Balaban J connectivity index is 1.71. The van der Waals surface area contributed by atoms with Crippen LogP contribution in [-0.2, 0) is 6.54 Å². The molecule has 0 aliphatic rings. The Kier molecular flexibility index (Phi) is 7.67. The zero-order valence-corrected chi connectivity index (χ0v) is 20.1. The van der Waals surface area contributed by atoms with Gasteiger partial charge < -0.3 is 24.5 Å². The molecule has 2 heterocycles. The van der Waals surface area contributed by atoms with Crippen LogP contribution in [0.3, 0.4) is 0 Å². The second-order valence-corrected chi connectivity index (χ2v) is 8.56. The lowest BCUT2D eigenvalue weighted by molar-refractivity contribution is -0.390. The van der Waals surface area contributed by atoms with Crippen molar-refractivity contribution < 1.29 is 14.8 Å². The van der Waals surface area contributed by atoms with Crippen LogP contribution < -0.4 is 4.74 Å². The molecule has 7 nitrogen and oxygen atoms in total. The molecular formula is C27H26ClN3O4. The first kappa shape index (κ1) is 24.3. The average Bonchev–Trinajstić information content (AvgIpc) is 3.26. The van der Waals surface area contributed by atoms with Crippen LogP contribution in [0.4, 0.5) is 5.82 Å². The Morgan fingerprint density at radius 1 is 1.00 bits per heavy atom. The van der Waals surface area contributed by atoms with E-state index in [4.69, 9.17) is 16.3 Å². The van der Waals surface area contributed by atoms with Crippen molar-refractivity contribution in [2.75, 3.05) is 6.61 Å². The summed E-state index contributed by atoms with van der Waals surface area (Å²) in [5, 5.41) is 21.7. The van der Waals surface area contributed by atoms with Crippen LogP contribution in [0, 0.1) is 10.1 Å². The van der Waals surface area contributed by atoms with E-state index in [0.717, 1.165) is 47.5 Å². The number of halogens is 1. The second kappa shape index (κ2) is 11.1. The predicted molar refractivity (Wildman–Crippen MR) is 137 cm³/mol. The van der Waals surface area contributed by atoms with Crippen LogP contribution in [0.5, 0.6) is 11.5 Å². The summed E-state index contributed by atoms with van der Waals surface area (Å²) in [4.78, 5) is 14.7. The quantitative estimate of drug-likeness (QED) is 0.145. The van der Waals surface area contributed by atoms with Gasteiger partial charge in [-0.2, -0.15) is 0 Å². The summed E-state index contributed by atoms with van der Waals surface area (Å²) in [6.07, 6.45) is 3.31. The molecule has 0 amide bonds. The number of nitro groups is 1. The molecule has 0 aliphatic heterocycles. The number of aromatic nitrogens is 2. The number of ether oxygens (including phenoxy) is 1. The topological polar surface area (TPSA) is 90.4 Å². The van der Waals surface area contributed by atoms with Crippen LogP contribution in [-0.4, -0.2) is 26.2 Å². The summed E-state index contributed by atoms with van der Waals surface area (Å²) in [6, 6.07) is 22.2. The highest BCUT2D eigenvalue weighted by Crippen LogP contribution is 2.34. The molecule has 35 heavy (non-hydrogen) atoms. The highest BCUT2D eigenvalue weighted by Gasteiger charge is 2.20. The monoisotopic (exact) mass is 491 g/mol. The van der Waals surface area contributed by atoms with Gasteiger partial charge in [0.15, 0.2) is 5.69 Å². The van der Waals surface area contributed by atoms with Gasteiger partial charge in [0.2, 0.25) is 5.75 Å². The number of nitrogens with zero attached hydrogens (tertiary/aromatic N) is 3. The van der Waals surface area contributed by atoms with Crippen molar-refractivity contribution in [1.82, 2.24) is 9.55 Å². The molecular weight excluding hydrogens is 466 g/mol. The molecule has 1 N–H and O–H groups in total. The van der Waals surface area contributed by atoms with E-state index in [2.05, 4.69) is 11.9 Å². The molecule has 4 aromatic rings. The summed E-state index contributed by atoms with van der Waals surface area (Å²) in [5.41, 5.74) is 3.98. The zero-order chi connectivity index (χ0) is 24.8. The molecule has 180 valence electrons. The maximum atomic E-state index is 11.3. The highest BCUT2D eigenvalue weighted by molar-refractivity contribution is 6.33. The molecule has 0 unspecified atom stereocenters. The smallest absolute Gasteiger partial charge is 0.406 e. The summed E-state index contributed by atoms with van der Waals surface area (Å²) in [6.45, 7) is 3.09. The zero-order valence-electron chi connectivity index (χ0n) is 19.4. The minimum atomic E-state index is -0.691. The number of hydrogen-bond acceptors (Lipinski definition) is 5. The number of benzene rings is 2. The van der Waals surface area contributed by atoms with E-state index in [1.165, 1.54) is 6.07 Å². The fourth-order valence-electron chi connectivity index (χ4n) is 3.92. The van der Waals surface area contributed by atoms with Crippen molar-refractivity contribution in [2.45, 2.75) is 32.7 Å². The minimum Gasteiger partial charge on any atom is -0.501 e. The van der Waals surface area contributed by atoms with Crippen LogP contribution in [0.15, 0.2) is 72.8 Å². The lowest BCUT2D eigenvalue weighted by atomic mass is 10.1. The molecule has 0 aliphatic carbocycles. The van der Waals surface area contributed by atoms with Crippen molar-refractivity contribution in [1.29, 1.82) is 0 Å². The molecule has 0 fully saturated rings. The van der Waals surface area contributed by atoms with E-state index in [1.807, 2.05) is 65.2 Å². The van der Waals surface area contributed by atoms with Gasteiger partial charge in [0.1, 0.15) is 5.75 Å². The molecule has 2 aromatic carbocycles. The number of unbranched alkanes of at least 4 members (excludes halogenated alkanes) is 2. The molecule has 4 rings (SSSR count). The minimum absolute atomic E-state index is 0.249. The van der Waals surface area contributed by atoms with E-state index >= 15 is 0 Å². The second-order valence-electron chi connectivity index (χ2n) is 8.15. The van der Waals surface area contributed by atoms with Gasteiger partial charge in [-0.05, 0) is 76.5 Å². The third kappa shape index (κ3) is 5.63. The first-order chi connectivity index (χ1) is 17.0. The van der Waals surface area contributed by atoms with Crippen molar-refractivity contribution in [2.24, 2.45) is 0 Å². The Bertz CT molecular complexity index is 1320. The largest absolute Gasteiger partial charge is 0.501 e. The molecule has 2 aromatic heterocycles. The lowest BCUT2D eigenvalue weighted by Gasteiger charge is -2.14. The molecule has 0 saturated heterocycles. The molecule has 0 atom stereocenters. The SMILES string of the molecule is CCCCCOc1ccc(-c2ccc(-c3ccccc3Cl)n2Cc2ccc(O)c([N+](=O)[O-])n2)cc1. The first-order valence-electron chi connectivity index (χ1n) is 11.5. The number of pyridine rings is 1. The molecule has 0 spiro atoms. The molecule has 0 bridgehead atoms. The Morgan fingerprint density at radius 3 is 2.46 bits per heavy atom. The normalized spacial score (nSPS) is 10.9. The summed E-state index contributed by atoms with van der Waals surface area (Å²) >= 11 is 6.50. The van der Waals surface area contributed by atoms with Gasteiger partial charge in [-0.1, -0.05) is 49.6 Å². The molecule has 0 radical (unpaired) electrons. The maximum Gasteiger partial charge on any atom is 0.406 e. The van der Waals surface area contributed by atoms with Crippen molar-refractivity contribution in [3.8, 4) is 34.0 Å². The van der Waals surface area contributed by atoms with E-state index in [-0.39, 0.29) is 6.54 Å².